The van der Waals surface area contributed by atoms with Crippen LogP contribution in [0.25, 0.3) is 0 Å². The van der Waals surface area contributed by atoms with Crippen LogP contribution in [-0.4, -0.2) is 24.4 Å². The van der Waals surface area contributed by atoms with Gasteiger partial charge in [-0.25, -0.2) is 9.18 Å². The van der Waals surface area contributed by atoms with Gasteiger partial charge in [0.25, 0.3) is 5.91 Å². The minimum atomic E-state index is -0.791. The second-order valence-electron chi connectivity index (χ2n) is 6.84. The zero-order valence-electron chi connectivity index (χ0n) is 15.1. The fraction of sp³-hybridized carbons (Fsp3) is 0.263. The largest absolute Gasteiger partial charge is 0.454 e. The summed E-state index contributed by atoms with van der Waals surface area (Å²) in [6.07, 6.45) is -0.791. The molecule has 0 saturated heterocycles. The maximum Gasteiger partial charge on any atom is 0.412 e. The van der Waals surface area contributed by atoms with Crippen LogP contribution in [0.2, 0.25) is 0 Å². The van der Waals surface area contributed by atoms with E-state index in [4.69, 9.17) is 14.2 Å². The van der Waals surface area contributed by atoms with Gasteiger partial charge in [0.15, 0.2) is 11.5 Å². The van der Waals surface area contributed by atoms with E-state index in [0.717, 1.165) is 6.07 Å². The fourth-order valence-electron chi connectivity index (χ4n) is 2.35. The maximum absolute atomic E-state index is 14.0. The van der Waals surface area contributed by atoms with Crippen LogP contribution in [0, 0.1) is 5.82 Å². The highest BCUT2D eigenvalue weighted by Gasteiger charge is 2.19. The Morgan fingerprint density at radius 3 is 2.52 bits per heavy atom. The summed E-state index contributed by atoms with van der Waals surface area (Å²) in [4.78, 5) is 24.2. The lowest BCUT2D eigenvalue weighted by Gasteiger charge is -2.20. The third-order valence-electron chi connectivity index (χ3n) is 3.49. The van der Waals surface area contributed by atoms with E-state index in [9.17, 15) is 14.0 Å². The van der Waals surface area contributed by atoms with E-state index in [2.05, 4.69) is 10.6 Å². The molecule has 1 aliphatic rings. The lowest BCUT2D eigenvalue weighted by molar-refractivity contribution is 0.0635. The Morgan fingerprint density at radius 1 is 1.04 bits per heavy atom. The van der Waals surface area contributed by atoms with Crippen molar-refractivity contribution >= 4 is 23.4 Å². The standard InChI is InChI=1S/C19H19FN2O5/c1-19(2,3)27-18(24)22-14-9-12(5-6-13(14)20)21-17(23)11-4-7-15-16(8-11)26-10-25-15/h4-9H,10H2,1-3H3,(H,21,23)(H,22,24). The van der Waals surface area contributed by atoms with Gasteiger partial charge in [-0.05, 0) is 57.2 Å². The summed E-state index contributed by atoms with van der Waals surface area (Å²) in [6.45, 7) is 5.21. The molecule has 0 saturated carbocycles. The van der Waals surface area contributed by atoms with Crippen LogP contribution in [0.15, 0.2) is 36.4 Å². The van der Waals surface area contributed by atoms with E-state index >= 15 is 0 Å². The zero-order valence-corrected chi connectivity index (χ0v) is 15.1. The number of ether oxygens (including phenoxy) is 3. The Morgan fingerprint density at radius 2 is 1.78 bits per heavy atom. The van der Waals surface area contributed by atoms with E-state index < -0.39 is 23.4 Å². The molecule has 0 fully saturated rings. The van der Waals surface area contributed by atoms with E-state index in [1.165, 1.54) is 12.1 Å². The number of anilines is 2. The summed E-state index contributed by atoms with van der Waals surface area (Å²) < 4.78 is 29.5. The quantitative estimate of drug-likeness (QED) is 0.843. The summed E-state index contributed by atoms with van der Waals surface area (Å²) in [5, 5.41) is 4.97. The van der Waals surface area contributed by atoms with Crippen molar-refractivity contribution in [2.45, 2.75) is 26.4 Å². The second kappa shape index (κ2) is 7.14. The maximum atomic E-state index is 14.0. The molecule has 0 spiro atoms. The molecule has 7 nitrogen and oxygen atoms in total. The molecule has 0 unspecified atom stereocenters. The van der Waals surface area contributed by atoms with Gasteiger partial charge in [0, 0.05) is 11.3 Å². The normalized spacial score (nSPS) is 12.4. The first-order valence-corrected chi connectivity index (χ1v) is 8.22. The molecule has 2 N–H and O–H groups in total. The summed E-state index contributed by atoms with van der Waals surface area (Å²) in [7, 11) is 0. The van der Waals surface area contributed by atoms with Crippen molar-refractivity contribution in [3.63, 3.8) is 0 Å². The number of nitrogens with one attached hydrogen (secondary N) is 2. The zero-order chi connectivity index (χ0) is 19.6. The molecule has 27 heavy (non-hydrogen) atoms. The van der Waals surface area contributed by atoms with Crippen LogP contribution in [0.3, 0.4) is 0 Å². The summed E-state index contributed by atoms with van der Waals surface area (Å²) in [6, 6.07) is 8.62. The third-order valence-corrected chi connectivity index (χ3v) is 3.49. The first-order valence-electron chi connectivity index (χ1n) is 8.22. The van der Waals surface area contributed by atoms with Gasteiger partial charge in [-0.15, -0.1) is 0 Å². The molecule has 0 aliphatic carbocycles. The Balaban J connectivity index is 1.72. The molecule has 0 aromatic heterocycles. The Bertz CT molecular complexity index is 892. The van der Waals surface area contributed by atoms with Crippen LogP contribution in [-0.2, 0) is 4.74 Å². The highest BCUT2D eigenvalue weighted by atomic mass is 19.1. The second-order valence-corrected chi connectivity index (χ2v) is 6.84. The van der Waals surface area contributed by atoms with Crippen LogP contribution < -0.4 is 20.1 Å². The average molecular weight is 374 g/mol. The summed E-state index contributed by atoms with van der Waals surface area (Å²) in [5.74, 6) is -0.0173. The highest BCUT2D eigenvalue weighted by Crippen LogP contribution is 2.32. The third kappa shape index (κ3) is 4.66. The topological polar surface area (TPSA) is 85.9 Å². The monoisotopic (exact) mass is 374 g/mol. The highest BCUT2D eigenvalue weighted by molar-refractivity contribution is 6.05. The van der Waals surface area contributed by atoms with Gasteiger partial charge >= 0.3 is 6.09 Å². The molecule has 8 heteroatoms. The van der Waals surface area contributed by atoms with Crippen LogP contribution in [0.4, 0.5) is 20.6 Å². The van der Waals surface area contributed by atoms with Crippen molar-refractivity contribution in [1.82, 2.24) is 0 Å². The van der Waals surface area contributed by atoms with Gasteiger partial charge in [-0.1, -0.05) is 0 Å². The molecule has 142 valence electrons. The van der Waals surface area contributed by atoms with Crippen molar-refractivity contribution < 1.29 is 28.2 Å². The van der Waals surface area contributed by atoms with Crippen molar-refractivity contribution in [2.24, 2.45) is 0 Å². The summed E-state index contributed by atoms with van der Waals surface area (Å²) in [5.41, 5.74) is -0.158. The van der Waals surface area contributed by atoms with Gasteiger partial charge in [0.2, 0.25) is 6.79 Å². The number of benzene rings is 2. The number of hydrogen-bond acceptors (Lipinski definition) is 5. The molecular weight excluding hydrogens is 355 g/mol. The Hall–Kier alpha value is -3.29. The Labute approximate surface area is 155 Å². The lowest BCUT2D eigenvalue weighted by atomic mass is 10.2. The molecule has 3 rings (SSSR count). The van der Waals surface area contributed by atoms with Gasteiger partial charge < -0.3 is 19.5 Å². The molecule has 2 amide bonds. The van der Waals surface area contributed by atoms with Crippen molar-refractivity contribution in [3.05, 3.63) is 47.8 Å². The van der Waals surface area contributed by atoms with E-state index in [-0.39, 0.29) is 12.5 Å². The van der Waals surface area contributed by atoms with Crippen molar-refractivity contribution in [3.8, 4) is 11.5 Å². The van der Waals surface area contributed by atoms with Crippen LogP contribution >= 0.6 is 0 Å². The molecule has 2 aromatic rings. The van der Waals surface area contributed by atoms with Crippen LogP contribution in [0.1, 0.15) is 31.1 Å². The molecule has 1 aliphatic heterocycles. The van der Waals surface area contributed by atoms with Gasteiger partial charge in [-0.3, -0.25) is 10.1 Å². The number of carbonyl (C=O) groups is 2. The van der Waals surface area contributed by atoms with Gasteiger partial charge in [0.1, 0.15) is 11.4 Å². The first kappa shape index (κ1) is 18.5. The first-order chi connectivity index (χ1) is 12.7. The average Bonchev–Trinajstić information content (AvgIpc) is 3.03. The van der Waals surface area contributed by atoms with Crippen molar-refractivity contribution in [2.75, 3.05) is 17.4 Å². The number of hydrogen-bond donors (Lipinski definition) is 2. The molecule has 0 radical (unpaired) electrons. The van der Waals surface area contributed by atoms with Crippen LogP contribution in [0.5, 0.6) is 11.5 Å². The predicted molar refractivity (Wildman–Crippen MR) is 96.8 cm³/mol. The fourth-order valence-corrected chi connectivity index (χ4v) is 2.35. The van der Waals surface area contributed by atoms with E-state index in [1.807, 2.05) is 0 Å². The number of amides is 2. The minimum Gasteiger partial charge on any atom is -0.454 e. The SMILES string of the molecule is CC(C)(C)OC(=O)Nc1cc(NC(=O)c2ccc3c(c2)OCO3)ccc1F. The smallest absolute Gasteiger partial charge is 0.412 e. The Kier molecular flexibility index (Phi) is 4.89. The molecule has 0 bridgehead atoms. The van der Waals surface area contributed by atoms with E-state index in [1.54, 1.807) is 39.0 Å². The van der Waals surface area contributed by atoms with E-state index in [0.29, 0.717) is 22.7 Å². The minimum absolute atomic E-state index is 0.104. The number of rotatable bonds is 3. The van der Waals surface area contributed by atoms with Gasteiger partial charge in [-0.2, -0.15) is 0 Å². The lowest BCUT2D eigenvalue weighted by Crippen LogP contribution is -2.27. The molecule has 1 heterocycles. The van der Waals surface area contributed by atoms with Crippen molar-refractivity contribution in [1.29, 1.82) is 0 Å². The van der Waals surface area contributed by atoms with Gasteiger partial charge in [0.05, 0.1) is 5.69 Å². The number of carbonyl (C=O) groups excluding carboxylic acids is 2. The molecular formula is C19H19FN2O5. The predicted octanol–water partition coefficient (Wildman–Crippen LogP) is 4.15. The molecule has 0 atom stereocenters. The number of halogens is 1. The number of fused-ring (bicyclic) bond motifs is 1. The molecule has 2 aromatic carbocycles. The summed E-state index contributed by atoms with van der Waals surface area (Å²) >= 11 is 0.